The monoisotopic (exact) mass is 462 g/mol. The molecule has 1 N–H and O–H groups in total. The van der Waals surface area contributed by atoms with Crippen molar-refractivity contribution in [2.45, 2.75) is 19.8 Å². The second-order valence-corrected chi connectivity index (χ2v) is 8.32. The fourth-order valence-electron chi connectivity index (χ4n) is 3.84. The zero-order valence-corrected chi connectivity index (χ0v) is 19.5. The summed E-state index contributed by atoms with van der Waals surface area (Å²) in [6.45, 7) is 1.95. The van der Waals surface area contributed by atoms with E-state index in [4.69, 9.17) is 0 Å². The molecule has 4 aromatic rings. The van der Waals surface area contributed by atoms with Crippen molar-refractivity contribution < 1.29 is 14.4 Å². The van der Waals surface area contributed by atoms with E-state index in [1.54, 1.807) is 24.3 Å². The van der Waals surface area contributed by atoms with E-state index in [1.165, 1.54) is 4.90 Å². The predicted octanol–water partition coefficient (Wildman–Crippen LogP) is 5.59. The molecule has 0 fully saturated rings. The van der Waals surface area contributed by atoms with Gasteiger partial charge in [0.2, 0.25) is 11.8 Å². The number of anilines is 2. The first-order valence-electron chi connectivity index (χ1n) is 11.4. The Balaban J connectivity index is 1.62. The van der Waals surface area contributed by atoms with Crippen molar-refractivity contribution in [2.24, 2.45) is 0 Å². The van der Waals surface area contributed by atoms with Gasteiger partial charge in [-0.2, -0.15) is 0 Å². The lowest BCUT2D eigenvalue weighted by atomic mass is 10.1. The number of hydrogen-bond donors (Lipinski definition) is 1. The Bertz CT molecular complexity index is 1280. The van der Waals surface area contributed by atoms with E-state index < -0.39 is 0 Å². The third-order valence-electron chi connectivity index (χ3n) is 5.54. The highest BCUT2D eigenvalue weighted by Gasteiger charge is 2.24. The zero-order valence-electron chi connectivity index (χ0n) is 19.5. The largest absolute Gasteiger partial charge is 0.322 e. The number of imide groups is 1. The van der Waals surface area contributed by atoms with Crippen LogP contribution >= 0.6 is 0 Å². The van der Waals surface area contributed by atoms with Crippen LogP contribution in [-0.4, -0.2) is 17.7 Å². The van der Waals surface area contributed by atoms with Gasteiger partial charge < -0.3 is 5.32 Å². The van der Waals surface area contributed by atoms with E-state index in [0.29, 0.717) is 16.9 Å². The van der Waals surface area contributed by atoms with E-state index in [0.717, 1.165) is 16.7 Å². The molecule has 174 valence electrons. The van der Waals surface area contributed by atoms with Crippen molar-refractivity contribution >= 4 is 29.1 Å². The highest BCUT2D eigenvalue weighted by Crippen LogP contribution is 2.21. The molecule has 0 bridgehead atoms. The molecule has 0 spiro atoms. The van der Waals surface area contributed by atoms with Gasteiger partial charge in [0.1, 0.15) is 0 Å². The smallest absolute Gasteiger partial charge is 0.255 e. The van der Waals surface area contributed by atoms with E-state index in [1.807, 2.05) is 91.9 Å². The molecule has 0 aromatic heterocycles. The van der Waals surface area contributed by atoms with Gasteiger partial charge in [0, 0.05) is 11.3 Å². The van der Waals surface area contributed by atoms with Gasteiger partial charge in [-0.1, -0.05) is 78.9 Å². The Morgan fingerprint density at radius 1 is 0.657 bits per heavy atom. The molecule has 5 nitrogen and oxygen atoms in total. The normalized spacial score (nSPS) is 10.4. The number of rotatable bonds is 7. The second kappa shape index (κ2) is 11.1. The summed E-state index contributed by atoms with van der Waals surface area (Å²) >= 11 is 0. The Kier molecular flexibility index (Phi) is 7.48. The van der Waals surface area contributed by atoms with Crippen LogP contribution < -0.4 is 10.2 Å². The van der Waals surface area contributed by atoms with Gasteiger partial charge in [-0.25, -0.2) is 4.90 Å². The summed E-state index contributed by atoms with van der Waals surface area (Å²) < 4.78 is 0. The average Bonchev–Trinajstić information content (AvgIpc) is 2.85. The third-order valence-corrected chi connectivity index (χ3v) is 5.54. The predicted molar refractivity (Wildman–Crippen MR) is 138 cm³/mol. The van der Waals surface area contributed by atoms with Crippen LogP contribution in [0.5, 0.6) is 0 Å². The Morgan fingerprint density at radius 2 is 1.23 bits per heavy atom. The molecule has 4 aromatic carbocycles. The summed E-state index contributed by atoms with van der Waals surface area (Å²) in [6.07, 6.45) is 0.141. The van der Waals surface area contributed by atoms with Gasteiger partial charge >= 0.3 is 0 Å². The topological polar surface area (TPSA) is 66.5 Å². The number of carbonyl (C=O) groups excluding carboxylic acids is 3. The molecule has 0 aliphatic rings. The van der Waals surface area contributed by atoms with Crippen LogP contribution in [0.2, 0.25) is 0 Å². The van der Waals surface area contributed by atoms with E-state index >= 15 is 0 Å². The van der Waals surface area contributed by atoms with Gasteiger partial charge in [0.25, 0.3) is 5.91 Å². The van der Waals surface area contributed by atoms with Crippen molar-refractivity contribution in [2.75, 3.05) is 10.2 Å². The molecule has 0 unspecified atom stereocenters. The standard InChI is InChI=1S/C30H26N2O3/c1-22-10-8-16-26(18-22)31-30(35)25-15-9-17-27(21-25)32(28(33)19-23-11-4-2-5-12-23)29(34)20-24-13-6-3-7-14-24/h2-18,21H,19-20H2,1H3,(H,31,35). The summed E-state index contributed by atoms with van der Waals surface area (Å²) in [5.41, 5.74) is 4.04. The van der Waals surface area contributed by atoms with E-state index in [-0.39, 0.29) is 30.6 Å². The summed E-state index contributed by atoms with van der Waals surface area (Å²) in [5.74, 6) is -1.02. The number of aryl methyl sites for hydroxylation is 1. The quantitative estimate of drug-likeness (QED) is 0.389. The van der Waals surface area contributed by atoms with Crippen LogP contribution in [0, 0.1) is 6.92 Å². The van der Waals surface area contributed by atoms with E-state index in [9.17, 15) is 14.4 Å². The Morgan fingerprint density at radius 3 is 1.80 bits per heavy atom. The molecule has 3 amide bonds. The average molecular weight is 463 g/mol. The first-order chi connectivity index (χ1) is 17.0. The van der Waals surface area contributed by atoms with Crippen molar-refractivity contribution in [1.29, 1.82) is 0 Å². The number of nitrogens with zero attached hydrogens (tertiary/aromatic N) is 1. The minimum Gasteiger partial charge on any atom is -0.322 e. The molecule has 35 heavy (non-hydrogen) atoms. The lowest BCUT2D eigenvalue weighted by Crippen LogP contribution is -2.39. The maximum atomic E-state index is 13.4. The molecule has 0 saturated heterocycles. The zero-order chi connectivity index (χ0) is 24.6. The minimum absolute atomic E-state index is 0.0705. The van der Waals surface area contributed by atoms with Crippen LogP contribution in [0.25, 0.3) is 0 Å². The molecule has 0 radical (unpaired) electrons. The Labute approximate surface area is 205 Å². The number of nitrogens with one attached hydrogen (secondary N) is 1. The molecule has 0 saturated carbocycles. The van der Waals surface area contributed by atoms with E-state index in [2.05, 4.69) is 5.32 Å². The van der Waals surface area contributed by atoms with Gasteiger partial charge in [0.15, 0.2) is 0 Å². The fourth-order valence-corrected chi connectivity index (χ4v) is 3.84. The SMILES string of the molecule is Cc1cccc(NC(=O)c2cccc(N(C(=O)Cc3ccccc3)C(=O)Cc3ccccc3)c2)c1. The van der Waals surface area contributed by atoms with Gasteiger partial charge in [-0.15, -0.1) is 0 Å². The Hall–Kier alpha value is -4.51. The highest BCUT2D eigenvalue weighted by atomic mass is 16.2. The lowest BCUT2D eigenvalue weighted by Gasteiger charge is -2.22. The van der Waals surface area contributed by atoms with Gasteiger partial charge in [-0.05, 0) is 53.9 Å². The summed E-state index contributed by atoms with van der Waals surface area (Å²) in [6, 6.07) is 32.7. The molecule has 0 aliphatic carbocycles. The number of carbonyl (C=O) groups is 3. The van der Waals surface area contributed by atoms with Crippen LogP contribution in [-0.2, 0) is 22.4 Å². The first-order valence-corrected chi connectivity index (χ1v) is 11.4. The van der Waals surface area contributed by atoms with Crippen LogP contribution in [0.15, 0.2) is 109 Å². The molecule has 5 heteroatoms. The second-order valence-electron chi connectivity index (χ2n) is 8.32. The maximum Gasteiger partial charge on any atom is 0.255 e. The minimum atomic E-state index is -0.353. The fraction of sp³-hybridized carbons (Fsp3) is 0.100. The number of amides is 3. The highest BCUT2D eigenvalue weighted by molar-refractivity contribution is 6.16. The molecular weight excluding hydrogens is 436 g/mol. The van der Waals surface area contributed by atoms with Crippen molar-refractivity contribution in [3.8, 4) is 0 Å². The summed E-state index contributed by atoms with van der Waals surface area (Å²) in [7, 11) is 0. The molecule has 0 heterocycles. The molecule has 4 rings (SSSR count). The van der Waals surface area contributed by atoms with Crippen LogP contribution in [0.3, 0.4) is 0 Å². The van der Waals surface area contributed by atoms with Crippen LogP contribution in [0.4, 0.5) is 11.4 Å². The molecular formula is C30H26N2O3. The number of hydrogen-bond acceptors (Lipinski definition) is 3. The van der Waals surface area contributed by atoms with Crippen LogP contribution in [0.1, 0.15) is 27.0 Å². The van der Waals surface area contributed by atoms with Gasteiger partial charge in [-0.3, -0.25) is 14.4 Å². The number of benzene rings is 4. The maximum absolute atomic E-state index is 13.4. The van der Waals surface area contributed by atoms with Crippen molar-refractivity contribution in [3.05, 3.63) is 131 Å². The van der Waals surface area contributed by atoms with Gasteiger partial charge in [0.05, 0.1) is 18.5 Å². The lowest BCUT2D eigenvalue weighted by molar-refractivity contribution is -0.125. The summed E-state index contributed by atoms with van der Waals surface area (Å²) in [4.78, 5) is 40.8. The molecule has 0 aliphatic heterocycles. The van der Waals surface area contributed by atoms with Crippen molar-refractivity contribution in [1.82, 2.24) is 0 Å². The van der Waals surface area contributed by atoms with Crippen molar-refractivity contribution in [3.63, 3.8) is 0 Å². The third kappa shape index (κ3) is 6.30. The first kappa shape index (κ1) is 23.6. The molecule has 0 atom stereocenters. The summed E-state index contributed by atoms with van der Waals surface area (Å²) in [5, 5.41) is 2.88.